The van der Waals surface area contributed by atoms with Crippen molar-refractivity contribution in [2.45, 2.75) is 6.61 Å². The highest BCUT2D eigenvalue weighted by Crippen LogP contribution is 2.35. The van der Waals surface area contributed by atoms with Crippen LogP contribution in [0.5, 0.6) is 5.75 Å². The zero-order chi connectivity index (χ0) is 22.4. The van der Waals surface area contributed by atoms with E-state index in [-0.39, 0.29) is 28.0 Å². The largest absolute Gasteiger partial charge is 0.486 e. The molecular formula is C23H14Cl3FN2O2. The fourth-order valence-corrected chi connectivity index (χ4v) is 3.45. The van der Waals surface area contributed by atoms with Crippen molar-refractivity contribution >= 4 is 52.5 Å². The monoisotopic (exact) mass is 474 g/mol. The third-order valence-corrected chi connectivity index (χ3v) is 4.91. The molecule has 1 N–H and O–H groups in total. The Morgan fingerprint density at radius 1 is 1.06 bits per heavy atom. The highest BCUT2D eigenvalue weighted by molar-refractivity contribution is 6.37. The lowest BCUT2D eigenvalue weighted by molar-refractivity contribution is -0.112. The molecule has 3 aromatic carbocycles. The highest BCUT2D eigenvalue weighted by atomic mass is 35.5. The number of nitrogens with one attached hydrogen (secondary N) is 1. The van der Waals surface area contributed by atoms with Crippen LogP contribution in [0.3, 0.4) is 0 Å². The zero-order valence-electron chi connectivity index (χ0n) is 15.8. The summed E-state index contributed by atoms with van der Waals surface area (Å²) in [6, 6.07) is 17.6. The Balaban J connectivity index is 1.78. The van der Waals surface area contributed by atoms with E-state index in [1.165, 1.54) is 24.3 Å². The number of anilines is 1. The van der Waals surface area contributed by atoms with Gasteiger partial charge in [0.2, 0.25) is 0 Å². The molecule has 0 bridgehead atoms. The van der Waals surface area contributed by atoms with Gasteiger partial charge >= 0.3 is 0 Å². The Morgan fingerprint density at radius 2 is 1.77 bits per heavy atom. The number of hydrogen-bond acceptors (Lipinski definition) is 3. The Morgan fingerprint density at radius 3 is 2.42 bits per heavy atom. The van der Waals surface area contributed by atoms with Crippen LogP contribution in [0.4, 0.5) is 10.1 Å². The molecule has 0 saturated carbocycles. The van der Waals surface area contributed by atoms with Crippen molar-refractivity contribution in [3.05, 3.63) is 98.2 Å². The molecule has 0 spiro atoms. The van der Waals surface area contributed by atoms with Crippen LogP contribution in [0.2, 0.25) is 15.1 Å². The van der Waals surface area contributed by atoms with Gasteiger partial charge in [-0.3, -0.25) is 4.79 Å². The third kappa shape index (κ3) is 5.99. The Labute approximate surface area is 193 Å². The number of benzene rings is 3. The standard InChI is InChI=1S/C23H14Cl3FN2O2/c24-17-5-3-6-18(11-17)29-23(30)16(12-28)8-14-9-19(25)22(20(26)10-14)31-13-15-4-1-2-7-21(15)27/h1-11H,13H2,(H,29,30)/b16-8+. The van der Waals surface area contributed by atoms with Crippen LogP contribution >= 0.6 is 34.8 Å². The molecule has 0 heterocycles. The molecule has 1 amide bonds. The van der Waals surface area contributed by atoms with Crippen molar-refractivity contribution in [2.75, 3.05) is 5.32 Å². The van der Waals surface area contributed by atoms with E-state index in [1.54, 1.807) is 42.5 Å². The van der Waals surface area contributed by atoms with Gasteiger partial charge in [-0.15, -0.1) is 0 Å². The zero-order valence-corrected chi connectivity index (χ0v) is 18.1. The quantitative estimate of drug-likeness (QED) is 0.311. The number of nitriles is 1. The predicted molar refractivity (Wildman–Crippen MR) is 121 cm³/mol. The first kappa shape index (κ1) is 22.6. The van der Waals surface area contributed by atoms with Crippen molar-refractivity contribution in [3.8, 4) is 11.8 Å². The Bertz CT molecular complexity index is 1180. The lowest BCUT2D eigenvalue weighted by Crippen LogP contribution is -2.13. The lowest BCUT2D eigenvalue weighted by atomic mass is 10.1. The van der Waals surface area contributed by atoms with Crippen molar-refractivity contribution in [1.82, 2.24) is 0 Å². The summed E-state index contributed by atoms with van der Waals surface area (Å²) in [5.41, 5.74) is 1.06. The van der Waals surface area contributed by atoms with Crippen molar-refractivity contribution < 1.29 is 13.9 Å². The maximum Gasteiger partial charge on any atom is 0.266 e. The van der Waals surface area contributed by atoms with Gasteiger partial charge in [0.1, 0.15) is 24.1 Å². The molecule has 0 aliphatic heterocycles. The molecule has 3 aromatic rings. The first-order valence-electron chi connectivity index (χ1n) is 8.91. The van der Waals surface area contributed by atoms with Gasteiger partial charge < -0.3 is 10.1 Å². The molecule has 0 aromatic heterocycles. The maximum absolute atomic E-state index is 13.8. The van der Waals surface area contributed by atoms with Gasteiger partial charge in [-0.2, -0.15) is 5.26 Å². The number of halogens is 4. The van der Waals surface area contributed by atoms with Gasteiger partial charge in [0, 0.05) is 16.3 Å². The number of amides is 1. The normalized spacial score (nSPS) is 11.0. The van der Waals surface area contributed by atoms with Crippen LogP contribution in [0, 0.1) is 17.1 Å². The summed E-state index contributed by atoms with van der Waals surface area (Å²) >= 11 is 18.4. The van der Waals surface area contributed by atoms with Gasteiger partial charge in [-0.25, -0.2) is 4.39 Å². The third-order valence-electron chi connectivity index (χ3n) is 4.11. The average Bonchev–Trinajstić information content (AvgIpc) is 2.72. The van der Waals surface area contributed by atoms with E-state index >= 15 is 0 Å². The van der Waals surface area contributed by atoms with Gasteiger partial charge in [0.05, 0.1) is 10.0 Å². The summed E-state index contributed by atoms with van der Waals surface area (Å²) in [5.74, 6) is -0.846. The fraction of sp³-hybridized carbons (Fsp3) is 0.0435. The molecule has 0 radical (unpaired) electrons. The fourth-order valence-electron chi connectivity index (χ4n) is 2.65. The van der Waals surface area contributed by atoms with Crippen LogP contribution in [0.1, 0.15) is 11.1 Å². The number of carbonyl (C=O) groups excluding carboxylic acids is 1. The molecule has 0 aliphatic carbocycles. The van der Waals surface area contributed by atoms with Gasteiger partial charge in [-0.05, 0) is 48.0 Å². The van der Waals surface area contributed by atoms with Crippen LogP contribution in [0.15, 0.2) is 66.2 Å². The first-order chi connectivity index (χ1) is 14.9. The second kappa shape index (κ2) is 10.3. The second-order valence-corrected chi connectivity index (χ2v) is 7.58. The molecule has 0 unspecified atom stereocenters. The topological polar surface area (TPSA) is 62.1 Å². The van der Waals surface area contributed by atoms with E-state index in [0.29, 0.717) is 21.8 Å². The van der Waals surface area contributed by atoms with Crippen molar-refractivity contribution in [3.63, 3.8) is 0 Å². The highest BCUT2D eigenvalue weighted by Gasteiger charge is 2.14. The van der Waals surface area contributed by atoms with Crippen molar-refractivity contribution in [2.24, 2.45) is 0 Å². The summed E-state index contributed by atoms with van der Waals surface area (Å²) in [6.45, 7) is -0.0627. The van der Waals surface area contributed by atoms with E-state index in [9.17, 15) is 14.4 Å². The van der Waals surface area contributed by atoms with Crippen molar-refractivity contribution in [1.29, 1.82) is 5.26 Å². The van der Waals surface area contributed by atoms with E-state index in [2.05, 4.69) is 5.32 Å². The summed E-state index contributed by atoms with van der Waals surface area (Å²) in [5, 5.41) is 12.7. The minimum Gasteiger partial charge on any atom is -0.486 e. The van der Waals surface area contributed by atoms with E-state index in [0.717, 1.165) is 0 Å². The lowest BCUT2D eigenvalue weighted by Gasteiger charge is -2.12. The molecule has 31 heavy (non-hydrogen) atoms. The van der Waals surface area contributed by atoms with Gasteiger partial charge in [0.15, 0.2) is 5.75 Å². The van der Waals surface area contributed by atoms with Crippen LogP contribution in [0.25, 0.3) is 6.08 Å². The molecule has 3 rings (SSSR count). The summed E-state index contributed by atoms with van der Waals surface area (Å²) in [6.07, 6.45) is 1.35. The number of ether oxygens (including phenoxy) is 1. The second-order valence-electron chi connectivity index (χ2n) is 6.33. The van der Waals surface area contributed by atoms with Crippen LogP contribution in [-0.4, -0.2) is 5.91 Å². The molecule has 4 nitrogen and oxygen atoms in total. The number of carbonyl (C=O) groups is 1. The van der Waals surface area contributed by atoms with E-state index in [1.807, 2.05) is 6.07 Å². The number of rotatable bonds is 6. The van der Waals surface area contributed by atoms with Crippen LogP contribution in [-0.2, 0) is 11.4 Å². The average molecular weight is 476 g/mol. The first-order valence-corrected chi connectivity index (χ1v) is 10.0. The summed E-state index contributed by atoms with van der Waals surface area (Å²) < 4.78 is 19.3. The van der Waals surface area contributed by atoms with E-state index in [4.69, 9.17) is 39.5 Å². The molecule has 0 fully saturated rings. The molecule has 0 atom stereocenters. The molecule has 0 saturated heterocycles. The van der Waals surface area contributed by atoms with Gasteiger partial charge in [0.25, 0.3) is 5.91 Å². The maximum atomic E-state index is 13.8. The minimum atomic E-state index is -0.614. The Kier molecular flexibility index (Phi) is 7.54. The number of hydrogen-bond donors (Lipinski definition) is 1. The number of nitrogens with zero attached hydrogens (tertiary/aromatic N) is 1. The predicted octanol–water partition coefficient (Wildman–Crippen LogP) is 6.91. The smallest absolute Gasteiger partial charge is 0.266 e. The molecule has 8 heteroatoms. The van der Waals surface area contributed by atoms with Crippen LogP contribution < -0.4 is 10.1 Å². The van der Waals surface area contributed by atoms with Gasteiger partial charge in [-0.1, -0.05) is 59.1 Å². The molecular weight excluding hydrogens is 462 g/mol. The minimum absolute atomic E-state index is 0.0627. The molecule has 0 aliphatic rings. The summed E-state index contributed by atoms with van der Waals surface area (Å²) in [7, 11) is 0. The van der Waals surface area contributed by atoms with E-state index < -0.39 is 11.7 Å². The summed E-state index contributed by atoms with van der Waals surface area (Å²) in [4.78, 5) is 12.4. The SMILES string of the molecule is N#C/C(=C\c1cc(Cl)c(OCc2ccccc2F)c(Cl)c1)C(=O)Nc1cccc(Cl)c1. The molecule has 156 valence electrons. The Hall–Kier alpha value is -3.04.